The first-order chi connectivity index (χ1) is 6.73. The highest BCUT2D eigenvalue weighted by molar-refractivity contribution is 4.88. The zero-order chi connectivity index (χ0) is 10.4. The van der Waals surface area contributed by atoms with Gasteiger partial charge in [0.25, 0.3) is 0 Å². The van der Waals surface area contributed by atoms with E-state index in [0.29, 0.717) is 5.41 Å². The van der Waals surface area contributed by atoms with Crippen LogP contribution in [0.4, 0.5) is 0 Å². The van der Waals surface area contributed by atoms with Crippen LogP contribution in [0.1, 0.15) is 39.5 Å². The van der Waals surface area contributed by atoms with Crippen LogP contribution >= 0.6 is 0 Å². The summed E-state index contributed by atoms with van der Waals surface area (Å²) in [7, 11) is 1.80. The molecule has 1 N–H and O–H groups in total. The maximum atomic E-state index is 5.22. The summed E-state index contributed by atoms with van der Waals surface area (Å²) in [4.78, 5) is 0. The third-order valence-corrected chi connectivity index (χ3v) is 3.76. The molecule has 0 bridgehead atoms. The number of ether oxygens (including phenoxy) is 1. The molecule has 2 heteroatoms. The molecule has 0 aromatic carbocycles. The summed E-state index contributed by atoms with van der Waals surface area (Å²) >= 11 is 0. The highest BCUT2D eigenvalue weighted by Crippen LogP contribution is 2.39. The van der Waals surface area contributed by atoms with Gasteiger partial charge < -0.3 is 10.1 Å². The summed E-state index contributed by atoms with van der Waals surface area (Å²) in [5.74, 6) is 0.844. The second-order valence-electron chi connectivity index (χ2n) is 4.84. The second kappa shape index (κ2) is 5.72. The number of rotatable bonds is 5. The van der Waals surface area contributed by atoms with Crippen molar-refractivity contribution in [1.29, 1.82) is 0 Å². The molecule has 2 atom stereocenters. The quantitative estimate of drug-likeness (QED) is 0.734. The maximum absolute atomic E-state index is 5.22. The lowest BCUT2D eigenvalue weighted by atomic mass is 9.68. The first kappa shape index (κ1) is 12.0. The van der Waals surface area contributed by atoms with Crippen LogP contribution < -0.4 is 5.32 Å². The third-order valence-electron chi connectivity index (χ3n) is 3.76. The Bertz CT molecular complexity index is 158. The van der Waals surface area contributed by atoms with Crippen molar-refractivity contribution in [2.45, 2.75) is 39.5 Å². The van der Waals surface area contributed by atoms with E-state index in [1.807, 2.05) is 0 Å². The predicted octanol–water partition coefficient (Wildman–Crippen LogP) is 2.44. The molecule has 2 unspecified atom stereocenters. The van der Waals surface area contributed by atoms with Crippen LogP contribution in [0.2, 0.25) is 0 Å². The summed E-state index contributed by atoms with van der Waals surface area (Å²) in [6.07, 6.45) is 5.18. The van der Waals surface area contributed by atoms with E-state index in [1.54, 1.807) is 7.11 Å². The van der Waals surface area contributed by atoms with Gasteiger partial charge in [-0.15, -0.1) is 0 Å². The van der Waals surface area contributed by atoms with Gasteiger partial charge in [-0.3, -0.25) is 0 Å². The summed E-state index contributed by atoms with van der Waals surface area (Å²) < 4.78 is 5.22. The predicted molar refractivity (Wildman–Crippen MR) is 60.5 cm³/mol. The lowest BCUT2D eigenvalue weighted by Gasteiger charge is -2.42. The molecule has 2 nitrogen and oxygen atoms in total. The lowest BCUT2D eigenvalue weighted by Crippen LogP contribution is -2.44. The molecular weight excluding hydrogens is 174 g/mol. The highest BCUT2D eigenvalue weighted by atomic mass is 16.5. The first-order valence-electron chi connectivity index (χ1n) is 5.92. The Morgan fingerprint density at radius 1 is 1.50 bits per heavy atom. The Kier molecular flexibility index (Phi) is 4.90. The number of hydrogen-bond donors (Lipinski definition) is 1. The summed E-state index contributed by atoms with van der Waals surface area (Å²) in [5.41, 5.74) is 0.511. The van der Waals surface area contributed by atoms with Crippen molar-refractivity contribution in [3.8, 4) is 0 Å². The van der Waals surface area contributed by atoms with E-state index >= 15 is 0 Å². The van der Waals surface area contributed by atoms with Crippen LogP contribution in [-0.4, -0.2) is 26.8 Å². The Morgan fingerprint density at radius 3 is 2.93 bits per heavy atom. The van der Waals surface area contributed by atoms with Crippen molar-refractivity contribution in [2.24, 2.45) is 11.3 Å². The van der Waals surface area contributed by atoms with Gasteiger partial charge in [0.15, 0.2) is 0 Å². The largest absolute Gasteiger partial charge is 0.385 e. The Balaban J connectivity index is 2.49. The molecule has 0 radical (unpaired) electrons. The molecule has 0 saturated carbocycles. The van der Waals surface area contributed by atoms with E-state index in [-0.39, 0.29) is 0 Å². The normalized spacial score (nSPS) is 33.2. The SMILES string of the molecule is CCCC1CNCCC1(C)CCOC. The van der Waals surface area contributed by atoms with Crippen molar-refractivity contribution in [3.05, 3.63) is 0 Å². The van der Waals surface area contributed by atoms with Crippen LogP contribution in [-0.2, 0) is 4.74 Å². The van der Waals surface area contributed by atoms with E-state index in [0.717, 1.165) is 12.5 Å². The van der Waals surface area contributed by atoms with Crippen molar-refractivity contribution in [3.63, 3.8) is 0 Å². The fourth-order valence-corrected chi connectivity index (χ4v) is 2.56. The van der Waals surface area contributed by atoms with E-state index in [4.69, 9.17) is 4.74 Å². The minimum Gasteiger partial charge on any atom is -0.385 e. The number of hydrogen-bond acceptors (Lipinski definition) is 2. The molecule has 0 aliphatic carbocycles. The summed E-state index contributed by atoms with van der Waals surface area (Å²) in [6.45, 7) is 8.02. The Morgan fingerprint density at radius 2 is 2.29 bits per heavy atom. The Labute approximate surface area is 88.4 Å². The average Bonchev–Trinajstić information content (AvgIpc) is 2.19. The smallest absolute Gasteiger partial charge is 0.0467 e. The van der Waals surface area contributed by atoms with Crippen LogP contribution in [0.25, 0.3) is 0 Å². The van der Waals surface area contributed by atoms with Crippen LogP contribution in [0.5, 0.6) is 0 Å². The van der Waals surface area contributed by atoms with Crippen molar-refractivity contribution >= 4 is 0 Å². The fourth-order valence-electron chi connectivity index (χ4n) is 2.56. The molecular formula is C12H25NO. The summed E-state index contributed by atoms with van der Waals surface area (Å²) in [6, 6.07) is 0. The monoisotopic (exact) mass is 199 g/mol. The molecule has 1 aliphatic rings. The molecule has 0 aromatic rings. The topological polar surface area (TPSA) is 21.3 Å². The van der Waals surface area contributed by atoms with Crippen LogP contribution in [0.3, 0.4) is 0 Å². The zero-order valence-electron chi connectivity index (χ0n) is 9.94. The van der Waals surface area contributed by atoms with Gasteiger partial charge in [0.1, 0.15) is 0 Å². The van der Waals surface area contributed by atoms with Gasteiger partial charge in [0, 0.05) is 13.7 Å². The molecule has 1 aliphatic heterocycles. The maximum Gasteiger partial charge on any atom is 0.0467 e. The van der Waals surface area contributed by atoms with Crippen molar-refractivity contribution < 1.29 is 4.74 Å². The van der Waals surface area contributed by atoms with Gasteiger partial charge >= 0.3 is 0 Å². The second-order valence-corrected chi connectivity index (χ2v) is 4.84. The molecule has 0 spiro atoms. The molecule has 1 heterocycles. The van der Waals surface area contributed by atoms with E-state index in [2.05, 4.69) is 19.2 Å². The van der Waals surface area contributed by atoms with Gasteiger partial charge in [-0.1, -0.05) is 20.3 Å². The van der Waals surface area contributed by atoms with Crippen molar-refractivity contribution in [1.82, 2.24) is 5.32 Å². The van der Waals surface area contributed by atoms with E-state index in [1.165, 1.54) is 38.8 Å². The van der Waals surface area contributed by atoms with Crippen LogP contribution in [0.15, 0.2) is 0 Å². The zero-order valence-corrected chi connectivity index (χ0v) is 9.94. The van der Waals surface area contributed by atoms with E-state index in [9.17, 15) is 0 Å². The van der Waals surface area contributed by atoms with Gasteiger partial charge in [0.05, 0.1) is 0 Å². The molecule has 14 heavy (non-hydrogen) atoms. The van der Waals surface area contributed by atoms with Gasteiger partial charge in [0.2, 0.25) is 0 Å². The fraction of sp³-hybridized carbons (Fsp3) is 1.00. The average molecular weight is 199 g/mol. The third kappa shape index (κ3) is 2.96. The molecule has 1 fully saturated rings. The van der Waals surface area contributed by atoms with Gasteiger partial charge in [-0.2, -0.15) is 0 Å². The van der Waals surface area contributed by atoms with Crippen LogP contribution in [0, 0.1) is 11.3 Å². The molecule has 84 valence electrons. The number of nitrogens with one attached hydrogen (secondary N) is 1. The molecule has 1 rings (SSSR count). The molecule has 1 saturated heterocycles. The number of methoxy groups -OCH3 is 1. The first-order valence-corrected chi connectivity index (χ1v) is 5.92. The Hall–Kier alpha value is -0.0800. The molecule has 0 aromatic heterocycles. The highest BCUT2D eigenvalue weighted by Gasteiger charge is 2.35. The minimum absolute atomic E-state index is 0.511. The van der Waals surface area contributed by atoms with E-state index < -0.39 is 0 Å². The lowest BCUT2D eigenvalue weighted by molar-refractivity contribution is 0.0675. The van der Waals surface area contributed by atoms with Crippen molar-refractivity contribution in [2.75, 3.05) is 26.8 Å². The summed E-state index contributed by atoms with van der Waals surface area (Å²) in [5, 5.41) is 3.51. The number of piperidine rings is 1. The van der Waals surface area contributed by atoms with Gasteiger partial charge in [-0.05, 0) is 43.7 Å². The molecule has 0 amide bonds. The minimum atomic E-state index is 0.511. The standard InChI is InChI=1S/C12H25NO/c1-4-5-11-10-13-8-6-12(11,2)7-9-14-3/h11,13H,4-10H2,1-3H3. The van der Waals surface area contributed by atoms with Gasteiger partial charge in [-0.25, -0.2) is 0 Å².